The van der Waals surface area contributed by atoms with Gasteiger partial charge in [0.25, 0.3) is 11.6 Å². The van der Waals surface area contributed by atoms with Crippen LogP contribution in [0.15, 0.2) is 48.5 Å². The fourth-order valence-electron chi connectivity index (χ4n) is 3.37. The molecule has 1 aromatic heterocycles. The van der Waals surface area contributed by atoms with Crippen LogP contribution in [0.4, 0.5) is 5.69 Å². The Hall–Kier alpha value is -3.56. The number of H-pyrrole nitrogens is 1. The number of benzene rings is 2. The Morgan fingerprint density at radius 3 is 2.87 bits per heavy atom. The first-order valence-electron chi connectivity index (χ1n) is 10.0. The zero-order valence-corrected chi connectivity index (χ0v) is 16.7. The Bertz CT molecular complexity index is 1100. The Kier molecular flexibility index (Phi) is 6.34. The van der Waals surface area contributed by atoms with E-state index in [4.69, 9.17) is 9.57 Å². The number of fused-ring (bicyclic) bond motifs is 1. The third-order valence-electron chi connectivity index (χ3n) is 4.94. The van der Waals surface area contributed by atoms with Crippen LogP contribution in [0.5, 0.6) is 0 Å². The van der Waals surface area contributed by atoms with Crippen LogP contribution >= 0.6 is 0 Å². The summed E-state index contributed by atoms with van der Waals surface area (Å²) < 4.78 is 5.39. The van der Waals surface area contributed by atoms with E-state index in [-0.39, 0.29) is 17.9 Å². The maximum absolute atomic E-state index is 11.9. The molecule has 1 atom stereocenters. The molecule has 0 saturated carbocycles. The molecule has 0 aliphatic carbocycles. The third-order valence-corrected chi connectivity index (χ3v) is 4.94. The van der Waals surface area contributed by atoms with Gasteiger partial charge in [-0.1, -0.05) is 30.3 Å². The average Bonchev–Trinajstić information content (AvgIpc) is 3.20. The number of nitro benzene ring substituents is 1. The lowest BCUT2D eigenvalue weighted by Gasteiger charge is -2.21. The summed E-state index contributed by atoms with van der Waals surface area (Å²) in [7, 11) is 0. The predicted octanol–water partition coefficient (Wildman–Crippen LogP) is 3.65. The molecular formula is C22H22N4O5. The quantitative estimate of drug-likeness (QED) is 0.341. The van der Waals surface area contributed by atoms with Crippen LogP contribution in [0, 0.1) is 10.1 Å². The molecule has 0 spiro atoms. The Balaban J connectivity index is 1.34. The monoisotopic (exact) mass is 422 g/mol. The maximum Gasteiger partial charge on any atom is 0.297 e. The van der Waals surface area contributed by atoms with Crippen molar-refractivity contribution < 1.29 is 19.3 Å². The summed E-state index contributed by atoms with van der Waals surface area (Å²) in [6, 6.07) is 12.5. The number of nitrogens with zero attached hydrogens (tertiary/aromatic N) is 2. The molecule has 160 valence electrons. The van der Waals surface area contributed by atoms with Gasteiger partial charge in [-0.15, -0.1) is 0 Å². The fraction of sp³-hybridized carbons (Fsp3) is 0.273. The largest absolute Gasteiger partial charge is 0.350 e. The van der Waals surface area contributed by atoms with Gasteiger partial charge in [0.2, 0.25) is 0 Å². The Morgan fingerprint density at radius 2 is 2.13 bits per heavy atom. The summed E-state index contributed by atoms with van der Waals surface area (Å²) in [5, 5.41) is 11.2. The summed E-state index contributed by atoms with van der Waals surface area (Å²) in [5.74, 6) is 0.288. The average molecular weight is 422 g/mol. The zero-order chi connectivity index (χ0) is 21.6. The zero-order valence-electron chi connectivity index (χ0n) is 16.7. The minimum Gasteiger partial charge on any atom is -0.350 e. The number of para-hydroxylation sites is 1. The van der Waals surface area contributed by atoms with Crippen molar-refractivity contribution in [2.45, 2.75) is 32.0 Å². The molecule has 9 nitrogen and oxygen atoms in total. The maximum atomic E-state index is 11.9. The molecule has 2 aromatic carbocycles. The summed E-state index contributed by atoms with van der Waals surface area (Å²) >= 11 is 0. The molecular weight excluding hydrogens is 400 g/mol. The van der Waals surface area contributed by atoms with Gasteiger partial charge in [-0.2, -0.15) is 0 Å². The molecule has 1 saturated heterocycles. The molecule has 1 fully saturated rings. The van der Waals surface area contributed by atoms with Crippen molar-refractivity contribution in [1.29, 1.82) is 0 Å². The van der Waals surface area contributed by atoms with Crippen LogP contribution < -0.4 is 5.48 Å². The van der Waals surface area contributed by atoms with E-state index in [1.807, 2.05) is 24.3 Å². The summed E-state index contributed by atoms with van der Waals surface area (Å²) in [6.45, 7) is 0.646. The number of hydroxylamine groups is 1. The number of carbonyl (C=O) groups is 1. The number of nitro groups is 1. The van der Waals surface area contributed by atoms with Crippen molar-refractivity contribution in [2.75, 3.05) is 6.61 Å². The van der Waals surface area contributed by atoms with E-state index >= 15 is 0 Å². The smallest absolute Gasteiger partial charge is 0.297 e. The number of hydrogen-bond donors (Lipinski definition) is 2. The van der Waals surface area contributed by atoms with Crippen molar-refractivity contribution in [2.24, 2.45) is 0 Å². The second-order valence-electron chi connectivity index (χ2n) is 7.25. The number of nitrogens with one attached hydrogen (secondary N) is 2. The fourth-order valence-corrected chi connectivity index (χ4v) is 3.37. The van der Waals surface area contributed by atoms with Crippen LogP contribution in [0.25, 0.3) is 17.1 Å². The van der Waals surface area contributed by atoms with Crippen molar-refractivity contribution in [3.63, 3.8) is 0 Å². The molecule has 4 rings (SSSR count). The number of aromatic amines is 1. The lowest BCUT2D eigenvalue weighted by molar-refractivity contribution is -0.383. The van der Waals surface area contributed by atoms with Crippen molar-refractivity contribution in [3.05, 3.63) is 75.6 Å². The van der Waals surface area contributed by atoms with Gasteiger partial charge in [0.1, 0.15) is 5.82 Å². The van der Waals surface area contributed by atoms with Crippen molar-refractivity contribution in [3.8, 4) is 0 Å². The number of carbonyl (C=O) groups excluding carboxylic acids is 1. The summed E-state index contributed by atoms with van der Waals surface area (Å²) in [5.41, 5.74) is 5.20. The molecule has 1 aliphatic rings. The van der Waals surface area contributed by atoms with Crippen LogP contribution in [-0.2, 0) is 20.8 Å². The van der Waals surface area contributed by atoms with Crippen molar-refractivity contribution in [1.82, 2.24) is 15.4 Å². The van der Waals surface area contributed by atoms with Gasteiger partial charge < -0.3 is 9.72 Å². The van der Waals surface area contributed by atoms with Gasteiger partial charge in [0.05, 0.1) is 10.4 Å². The molecule has 1 amide bonds. The van der Waals surface area contributed by atoms with Gasteiger partial charge in [0.15, 0.2) is 11.8 Å². The SMILES string of the molecule is O=C(C=Cc1ccc(Cc2nc3c([N+](=O)[O-])cccc3[nH]2)cc1)NOC1CCCCO1. The van der Waals surface area contributed by atoms with Crippen LogP contribution in [0.2, 0.25) is 0 Å². The van der Waals surface area contributed by atoms with E-state index in [2.05, 4.69) is 15.4 Å². The van der Waals surface area contributed by atoms with Crippen LogP contribution in [0.1, 0.15) is 36.2 Å². The standard InChI is InChI=1S/C22H22N4O5/c27-20(25-31-21-6-1-2-13-30-21)12-11-15-7-9-16(10-8-15)14-19-23-17-4-3-5-18(26(28)29)22(17)24-19/h3-5,7-12,21H,1-2,6,13-14H2,(H,23,24)(H,25,27). The van der Waals surface area contributed by atoms with E-state index in [0.29, 0.717) is 29.9 Å². The molecule has 31 heavy (non-hydrogen) atoms. The molecule has 0 bridgehead atoms. The topological polar surface area (TPSA) is 119 Å². The summed E-state index contributed by atoms with van der Waals surface area (Å²) in [6.07, 6.45) is 6.01. The lowest BCUT2D eigenvalue weighted by Crippen LogP contribution is -2.32. The van der Waals surface area contributed by atoms with Crippen molar-refractivity contribution >= 4 is 28.7 Å². The first-order valence-corrected chi connectivity index (χ1v) is 10.0. The highest BCUT2D eigenvalue weighted by Crippen LogP contribution is 2.24. The van der Waals surface area contributed by atoms with E-state index < -0.39 is 4.92 Å². The first-order chi connectivity index (χ1) is 15.1. The molecule has 1 unspecified atom stereocenters. The minimum absolute atomic E-state index is 0.0159. The highest BCUT2D eigenvalue weighted by atomic mass is 16.8. The second-order valence-corrected chi connectivity index (χ2v) is 7.25. The van der Waals surface area contributed by atoms with Gasteiger partial charge in [-0.25, -0.2) is 15.3 Å². The first kappa shape index (κ1) is 20.7. The minimum atomic E-state index is -0.433. The van der Waals surface area contributed by atoms with E-state index in [0.717, 1.165) is 30.4 Å². The van der Waals surface area contributed by atoms with E-state index in [9.17, 15) is 14.9 Å². The number of rotatable bonds is 7. The molecule has 2 heterocycles. The second kappa shape index (κ2) is 9.50. The number of imidazole rings is 1. The van der Waals surface area contributed by atoms with Gasteiger partial charge in [-0.05, 0) is 36.1 Å². The molecule has 3 aromatic rings. The Labute approximate surface area is 178 Å². The number of ether oxygens (including phenoxy) is 1. The van der Waals surface area contributed by atoms with E-state index in [1.54, 1.807) is 18.2 Å². The summed E-state index contributed by atoms with van der Waals surface area (Å²) in [4.78, 5) is 35.4. The highest BCUT2D eigenvalue weighted by Gasteiger charge is 2.16. The highest BCUT2D eigenvalue weighted by molar-refractivity contribution is 5.91. The predicted molar refractivity (Wildman–Crippen MR) is 114 cm³/mol. The number of aromatic nitrogens is 2. The van der Waals surface area contributed by atoms with E-state index in [1.165, 1.54) is 12.1 Å². The van der Waals surface area contributed by atoms with Crippen LogP contribution in [-0.4, -0.2) is 33.7 Å². The number of non-ortho nitro benzene ring substituents is 1. The molecule has 1 aliphatic heterocycles. The lowest BCUT2D eigenvalue weighted by atomic mass is 10.1. The normalized spacial score (nSPS) is 16.6. The van der Waals surface area contributed by atoms with Gasteiger partial charge in [0, 0.05) is 31.6 Å². The van der Waals surface area contributed by atoms with Gasteiger partial charge in [-0.3, -0.25) is 14.9 Å². The Morgan fingerprint density at radius 1 is 1.29 bits per heavy atom. The third kappa shape index (κ3) is 5.33. The number of hydrogen-bond acceptors (Lipinski definition) is 6. The number of amides is 1. The van der Waals surface area contributed by atoms with Gasteiger partial charge >= 0.3 is 0 Å². The molecule has 0 radical (unpaired) electrons. The van der Waals surface area contributed by atoms with Crippen LogP contribution in [0.3, 0.4) is 0 Å². The molecule has 9 heteroatoms. The molecule has 2 N–H and O–H groups in total.